The molecule has 0 aliphatic carbocycles. The lowest BCUT2D eigenvalue weighted by Gasteiger charge is -2.17. The molecule has 32 heavy (non-hydrogen) atoms. The van der Waals surface area contributed by atoms with Crippen LogP contribution in [-0.2, 0) is 17.6 Å². The number of hydrogen-bond acceptors (Lipinski definition) is 3. The molecule has 0 saturated carbocycles. The van der Waals surface area contributed by atoms with E-state index in [2.05, 4.69) is 10.6 Å². The number of nitrogens with one attached hydrogen (secondary N) is 2. The summed E-state index contributed by atoms with van der Waals surface area (Å²) in [5.74, 6) is 0.800. The van der Waals surface area contributed by atoms with E-state index in [0.717, 1.165) is 22.6 Å². The number of nitrogens with zero attached hydrogens (tertiary/aromatic N) is 1. The number of urea groups is 1. The second-order valence-corrected chi connectivity index (χ2v) is 7.72. The molecule has 0 radical (unpaired) electrons. The van der Waals surface area contributed by atoms with Crippen molar-refractivity contribution < 1.29 is 14.3 Å². The first kappa shape index (κ1) is 22.9. The van der Waals surface area contributed by atoms with Crippen molar-refractivity contribution in [3.05, 3.63) is 90.0 Å². The fraction of sp³-hybridized carbons (Fsp3) is 0.231. The van der Waals surface area contributed by atoms with E-state index in [-0.39, 0.29) is 24.4 Å². The molecule has 0 bridgehead atoms. The summed E-state index contributed by atoms with van der Waals surface area (Å²) >= 11 is 0. The van der Waals surface area contributed by atoms with Crippen LogP contribution in [0.25, 0.3) is 0 Å². The van der Waals surface area contributed by atoms with Crippen LogP contribution in [-0.4, -0.2) is 32.1 Å². The third-order valence-electron chi connectivity index (χ3n) is 5.14. The Morgan fingerprint density at radius 2 is 1.66 bits per heavy atom. The summed E-state index contributed by atoms with van der Waals surface area (Å²) in [7, 11) is 3.40. The summed E-state index contributed by atoms with van der Waals surface area (Å²) in [5, 5.41) is 5.78. The van der Waals surface area contributed by atoms with Crippen LogP contribution < -0.4 is 20.3 Å². The molecule has 1 atom stereocenters. The van der Waals surface area contributed by atoms with Crippen LogP contribution in [0.5, 0.6) is 5.75 Å². The van der Waals surface area contributed by atoms with Gasteiger partial charge in [-0.2, -0.15) is 0 Å². The van der Waals surface area contributed by atoms with Crippen LogP contribution in [0.15, 0.2) is 78.9 Å². The first-order valence-electron chi connectivity index (χ1n) is 10.6. The molecule has 2 N–H and O–H groups in total. The van der Waals surface area contributed by atoms with Crippen LogP contribution in [0.2, 0.25) is 0 Å². The highest BCUT2D eigenvalue weighted by Crippen LogP contribution is 2.16. The fourth-order valence-electron chi connectivity index (χ4n) is 3.39. The smallest absolute Gasteiger partial charge is 0.319 e. The number of ether oxygens (including phenoxy) is 1. The van der Waals surface area contributed by atoms with Gasteiger partial charge in [-0.1, -0.05) is 42.5 Å². The maximum atomic E-state index is 12.5. The van der Waals surface area contributed by atoms with Crippen LogP contribution >= 0.6 is 0 Å². The van der Waals surface area contributed by atoms with Gasteiger partial charge in [-0.05, 0) is 60.9 Å². The molecule has 0 aliphatic heterocycles. The van der Waals surface area contributed by atoms with Gasteiger partial charge >= 0.3 is 6.03 Å². The highest BCUT2D eigenvalue weighted by atomic mass is 16.5. The minimum Gasteiger partial charge on any atom is -0.497 e. The van der Waals surface area contributed by atoms with Crippen LogP contribution in [0.4, 0.5) is 16.2 Å². The van der Waals surface area contributed by atoms with E-state index < -0.39 is 0 Å². The molecule has 6 heteroatoms. The number of anilines is 2. The first-order chi connectivity index (χ1) is 15.4. The van der Waals surface area contributed by atoms with Crippen molar-refractivity contribution in [3.63, 3.8) is 0 Å². The molecule has 6 nitrogen and oxygen atoms in total. The molecule has 166 valence electrons. The molecular formula is C26H29N3O3. The molecule has 0 aliphatic rings. The Bertz CT molecular complexity index is 1040. The van der Waals surface area contributed by atoms with E-state index in [1.807, 2.05) is 73.7 Å². The standard InChI is InChI=1S/C26H29N3O3/c1-19(16-21-8-7-11-24(17-21)32-3)27-26(31)28-22-14-12-20(13-15-22)18-25(30)29(2)23-9-5-4-6-10-23/h4-15,17,19H,16,18H2,1-3H3,(H2,27,28,31). The van der Waals surface area contributed by atoms with Crippen molar-refractivity contribution in [3.8, 4) is 5.75 Å². The summed E-state index contributed by atoms with van der Waals surface area (Å²) in [6, 6.07) is 24.3. The molecule has 0 aromatic heterocycles. The summed E-state index contributed by atoms with van der Waals surface area (Å²) in [5.41, 5.74) is 3.50. The number of methoxy groups -OCH3 is 1. The maximum absolute atomic E-state index is 12.5. The molecule has 3 aromatic carbocycles. The Morgan fingerprint density at radius 1 is 0.938 bits per heavy atom. The zero-order valence-electron chi connectivity index (χ0n) is 18.7. The Morgan fingerprint density at radius 3 is 2.34 bits per heavy atom. The zero-order chi connectivity index (χ0) is 22.9. The maximum Gasteiger partial charge on any atom is 0.319 e. The summed E-state index contributed by atoms with van der Waals surface area (Å²) < 4.78 is 5.24. The third kappa shape index (κ3) is 6.60. The summed E-state index contributed by atoms with van der Waals surface area (Å²) in [6.07, 6.45) is 0.982. The fourth-order valence-corrected chi connectivity index (χ4v) is 3.39. The Labute approximate surface area is 189 Å². The van der Waals surface area contributed by atoms with Gasteiger partial charge in [0.05, 0.1) is 13.5 Å². The van der Waals surface area contributed by atoms with Crippen LogP contribution in [0, 0.1) is 0 Å². The van der Waals surface area contributed by atoms with Gasteiger partial charge in [0, 0.05) is 24.5 Å². The lowest BCUT2D eigenvalue weighted by Crippen LogP contribution is -2.37. The average molecular weight is 432 g/mol. The van der Waals surface area contributed by atoms with Crippen LogP contribution in [0.1, 0.15) is 18.1 Å². The predicted molar refractivity (Wildman–Crippen MR) is 128 cm³/mol. The SMILES string of the molecule is COc1cccc(CC(C)NC(=O)Nc2ccc(CC(=O)N(C)c3ccccc3)cc2)c1. The van der Waals surface area contributed by atoms with Crippen molar-refractivity contribution in [1.82, 2.24) is 5.32 Å². The van der Waals surface area contributed by atoms with Gasteiger partial charge in [-0.3, -0.25) is 4.79 Å². The number of rotatable bonds is 8. The molecule has 3 amide bonds. The van der Waals surface area contributed by atoms with Gasteiger partial charge in [0.1, 0.15) is 5.75 Å². The predicted octanol–water partition coefficient (Wildman–Crippen LogP) is 4.65. The topological polar surface area (TPSA) is 70.7 Å². The van der Waals surface area contributed by atoms with E-state index in [0.29, 0.717) is 12.1 Å². The minimum atomic E-state index is -0.270. The zero-order valence-corrected chi connectivity index (χ0v) is 18.7. The van der Waals surface area contributed by atoms with Gasteiger partial charge in [-0.25, -0.2) is 4.79 Å². The number of benzene rings is 3. The number of likely N-dealkylation sites (N-methyl/N-ethyl adjacent to an activating group) is 1. The quantitative estimate of drug-likeness (QED) is 0.545. The van der Waals surface area contributed by atoms with Crippen molar-refractivity contribution in [2.45, 2.75) is 25.8 Å². The third-order valence-corrected chi connectivity index (χ3v) is 5.14. The Balaban J connectivity index is 1.49. The lowest BCUT2D eigenvalue weighted by molar-refractivity contribution is -0.117. The highest BCUT2D eigenvalue weighted by Gasteiger charge is 2.12. The van der Waals surface area contributed by atoms with E-state index in [1.165, 1.54) is 0 Å². The highest BCUT2D eigenvalue weighted by molar-refractivity contribution is 5.94. The molecule has 1 unspecified atom stereocenters. The van der Waals surface area contributed by atoms with Crippen molar-refractivity contribution >= 4 is 23.3 Å². The molecule has 3 rings (SSSR count). The van der Waals surface area contributed by atoms with Gasteiger partial charge in [0.15, 0.2) is 0 Å². The van der Waals surface area contributed by atoms with Gasteiger partial charge in [-0.15, -0.1) is 0 Å². The van der Waals surface area contributed by atoms with Crippen molar-refractivity contribution in [2.75, 3.05) is 24.4 Å². The lowest BCUT2D eigenvalue weighted by atomic mass is 10.1. The first-order valence-corrected chi connectivity index (χ1v) is 10.6. The van der Waals surface area contributed by atoms with E-state index in [9.17, 15) is 9.59 Å². The molecule has 0 fully saturated rings. The van der Waals surface area contributed by atoms with E-state index >= 15 is 0 Å². The summed E-state index contributed by atoms with van der Waals surface area (Å²) in [4.78, 5) is 26.5. The molecule has 0 heterocycles. The normalized spacial score (nSPS) is 11.3. The van der Waals surface area contributed by atoms with Gasteiger partial charge in [0.2, 0.25) is 5.91 Å². The largest absolute Gasteiger partial charge is 0.497 e. The Kier molecular flexibility index (Phi) is 7.86. The number of carbonyl (C=O) groups is 2. The number of para-hydroxylation sites is 1. The second kappa shape index (κ2) is 11.0. The van der Waals surface area contributed by atoms with E-state index in [1.54, 1.807) is 31.2 Å². The minimum absolute atomic E-state index is 0.000944. The number of hydrogen-bond donors (Lipinski definition) is 2. The van der Waals surface area contributed by atoms with Gasteiger partial charge < -0.3 is 20.3 Å². The van der Waals surface area contributed by atoms with Crippen molar-refractivity contribution in [2.24, 2.45) is 0 Å². The number of carbonyl (C=O) groups excluding carboxylic acids is 2. The molecular weight excluding hydrogens is 402 g/mol. The average Bonchev–Trinajstić information content (AvgIpc) is 2.80. The van der Waals surface area contributed by atoms with Gasteiger partial charge in [0.25, 0.3) is 0 Å². The van der Waals surface area contributed by atoms with E-state index in [4.69, 9.17) is 4.74 Å². The molecule has 0 saturated heterocycles. The molecule has 3 aromatic rings. The van der Waals surface area contributed by atoms with Crippen molar-refractivity contribution in [1.29, 1.82) is 0 Å². The van der Waals surface area contributed by atoms with Crippen LogP contribution in [0.3, 0.4) is 0 Å². The summed E-state index contributed by atoms with van der Waals surface area (Å²) in [6.45, 7) is 1.96. The number of amides is 3. The monoisotopic (exact) mass is 431 g/mol. The molecule has 0 spiro atoms. The second-order valence-electron chi connectivity index (χ2n) is 7.72. The Hall–Kier alpha value is -3.80.